The highest BCUT2D eigenvalue weighted by atomic mass is 35.5. The number of anilines is 1. The molecule has 1 heterocycles. The smallest absolute Gasteiger partial charge is 0.225 e. The van der Waals surface area contributed by atoms with Gasteiger partial charge in [0.2, 0.25) is 15.9 Å². The number of hydrogen-bond donors (Lipinski definition) is 2. The van der Waals surface area contributed by atoms with E-state index in [1.54, 1.807) is 24.3 Å². The Kier molecular flexibility index (Phi) is 6.41. The van der Waals surface area contributed by atoms with Crippen LogP contribution in [-0.2, 0) is 14.8 Å². The molecule has 2 rings (SSSR count). The second kappa shape index (κ2) is 8.10. The molecule has 1 aromatic rings. The standard InChI is InChI=1S/C15H22ClN3O3S/c1-17-23(21,22)11-14-6-3-8-19(14)9-7-15(20)18-13-5-2-4-12(16)10-13/h2,4-5,10,14,17H,3,6-9,11H2,1H3,(H,18,20)/t14-/m1/s1. The zero-order valence-corrected chi connectivity index (χ0v) is 14.7. The largest absolute Gasteiger partial charge is 0.326 e. The van der Waals surface area contributed by atoms with Crippen LogP contribution < -0.4 is 10.0 Å². The fraction of sp³-hybridized carbons (Fsp3) is 0.533. The van der Waals surface area contributed by atoms with Crippen LogP contribution >= 0.6 is 11.6 Å². The van der Waals surface area contributed by atoms with E-state index in [0.29, 0.717) is 23.7 Å². The van der Waals surface area contributed by atoms with Gasteiger partial charge in [0.15, 0.2) is 0 Å². The number of halogens is 1. The first-order valence-corrected chi connectivity index (χ1v) is 9.63. The van der Waals surface area contributed by atoms with Crippen molar-refractivity contribution in [3.8, 4) is 0 Å². The van der Waals surface area contributed by atoms with Crippen molar-refractivity contribution in [3.05, 3.63) is 29.3 Å². The summed E-state index contributed by atoms with van der Waals surface area (Å²) in [6.45, 7) is 1.38. The summed E-state index contributed by atoms with van der Waals surface area (Å²) in [7, 11) is -1.81. The van der Waals surface area contributed by atoms with Crippen LogP contribution in [0.5, 0.6) is 0 Å². The Morgan fingerprint density at radius 2 is 2.22 bits per heavy atom. The fourth-order valence-corrected chi connectivity index (χ4v) is 3.99. The number of nitrogens with one attached hydrogen (secondary N) is 2. The van der Waals surface area contributed by atoms with Crippen LogP contribution in [0.25, 0.3) is 0 Å². The molecule has 1 aliphatic heterocycles. The van der Waals surface area contributed by atoms with Crippen molar-refractivity contribution < 1.29 is 13.2 Å². The number of carbonyl (C=O) groups excluding carboxylic acids is 1. The van der Waals surface area contributed by atoms with Crippen LogP contribution in [0.4, 0.5) is 5.69 Å². The van der Waals surface area contributed by atoms with Crippen LogP contribution in [0.1, 0.15) is 19.3 Å². The van der Waals surface area contributed by atoms with Crippen molar-refractivity contribution >= 4 is 33.2 Å². The Morgan fingerprint density at radius 1 is 1.43 bits per heavy atom. The summed E-state index contributed by atoms with van der Waals surface area (Å²) in [4.78, 5) is 14.1. The first-order chi connectivity index (χ1) is 10.9. The van der Waals surface area contributed by atoms with E-state index in [4.69, 9.17) is 11.6 Å². The minimum Gasteiger partial charge on any atom is -0.326 e. The van der Waals surface area contributed by atoms with E-state index in [9.17, 15) is 13.2 Å². The maximum absolute atomic E-state index is 12.0. The van der Waals surface area contributed by atoms with Crippen LogP contribution in [-0.4, -0.2) is 51.2 Å². The van der Waals surface area contributed by atoms with Crippen molar-refractivity contribution in [2.75, 3.05) is 31.2 Å². The molecular weight excluding hydrogens is 338 g/mol. The summed E-state index contributed by atoms with van der Waals surface area (Å²) in [5.74, 6) is -0.0197. The van der Waals surface area contributed by atoms with Gasteiger partial charge in [-0.2, -0.15) is 0 Å². The molecule has 0 saturated carbocycles. The molecule has 0 bridgehead atoms. The van der Waals surface area contributed by atoms with E-state index in [0.717, 1.165) is 19.4 Å². The summed E-state index contributed by atoms with van der Waals surface area (Å²) >= 11 is 5.88. The number of hydrogen-bond acceptors (Lipinski definition) is 4. The Balaban J connectivity index is 1.83. The van der Waals surface area contributed by atoms with Crippen LogP contribution in [0.2, 0.25) is 5.02 Å². The molecule has 0 radical (unpaired) electrons. The third kappa shape index (κ3) is 5.76. The Hall–Kier alpha value is -1.15. The molecule has 1 amide bonds. The van der Waals surface area contributed by atoms with Crippen molar-refractivity contribution in [1.82, 2.24) is 9.62 Å². The van der Waals surface area contributed by atoms with Crippen molar-refractivity contribution in [2.45, 2.75) is 25.3 Å². The van der Waals surface area contributed by atoms with Gasteiger partial charge in [-0.15, -0.1) is 0 Å². The summed E-state index contributed by atoms with van der Waals surface area (Å²) < 4.78 is 25.7. The van der Waals surface area contributed by atoms with E-state index in [1.807, 2.05) is 0 Å². The first-order valence-electron chi connectivity index (χ1n) is 7.60. The minimum absolute atomic E-state index is 0.0218. The average molecular weight is 360 g/mol. The lowest BCUT2D eigenvalue weighted by molar-refractivity contribution is -0.116. The van der Waals surface area contributed by atoms with Gasteiger partial charge in [-0.1, -0.05) is 17.7 Å². The third-order valence-corrected chi connectivity index (χ3v) is 5.64. The number of likely N-dealkylation sites (tertiary alicyclic amines) is 1. The van der Waals surface area contributed by atoms with E-state index < -0.39 is 10.0 Å². The van der Waals surface area contributed by atoms with Gasteiger partial charge >= 0.3 is 0 Å². The number of rotatable bonds is 7. The molecule has 0 aromatic heterocycles. The maximum atomic E-state index is 12.0. The predicted molar refractivity (Wildman–Crippen MR) is 92.1 cm³/mol. The number of nitrogens with zero attached hydrogens (tertiary/aromatic N) is 1. The lowest BCUT2D eigenvalue weighted by atomic mass is 10.2. The van der Waals surface area contributed by atoms with E-state index in [-0.39, 0.29) is 17.7 Å². The molecule has 0 aliphatic carbocycles. The number of carbonyl (C=O) groups is 1. The molecule has 128 valence electrons. The highest BCUT2D eigenvalue weighted by molar-refractivity contribution is 7.89. The second-order valence-corrected chi connectivity index (χ2v) is 8.03. The minimum atomic E-state index is -3.23. The highest BCUT2D eigenvalue weighted by Gasteiger charge is 2.28. The van der Waals surface area contributed by atoms with Crippen molar-refractivity contribution in [2.24, 2.45) is 0 Å². The van der Waals surface area contributed by atoms with Gasteiger partial charge in [-0.3, -0.25) is 9.69 Å². The second-order valence-electron chi connectivity index (χ2n) is 5.63. The SMILES string of the molecule is CNS(=O)(=O)C[C@H]1CCCN1CCC(=O)Nc1cccc(Cl)c1. The van der Waals surface area contributed by atoms with Gasteiger partial charge in [0.25, 0.3) is 0 Å². The summed E-state index contributed by atoms with van der Waals surface area (Å²) in [6.07, 6.45) is 2.12. The topological polar surface area (TPSA) is 78.5 Å². The lowest BCUT2D eigenvalue weighted by Gasteiger charge is -2.23. The molecule has 0 unspecified atom stereocenters. The summed E-state index contributed by atoms with van der Waals surface area (Å²) in [5, 5.41) is 3.37. The van der Waals surface area contributed by atoms with Gasteiger partial charge in [0.05, 0.1) is 5.75 Å². The molecule has 0 spiro atoms. The fourth-order valence-electron chi connectivity index (χ4n) is 2.75. The summed E-state index contributed by atoms with van der Waals surface area (Å²) in [5.41, 5.74) is 0.665. The Labute approximate surface area is 142 Å². The maximum Gasteiger partial charge on any atom is 0.225 e. The predicted octanol–water partition coefficient (Wildman–Crippen LogP) is 1.68. The molecule has 1 atom stereocenters. The molecule has 23 heavy (non-hydrogen) atoms. The number of sulfonamides is 1. The van der Waals surface area contributed by atoms with E-state index in [1.165, 1.54) is 7.05 Å². The molecule has 1 aliphatic rings. The van der Waals surface area contributed by atoms with Crippen molar-refractivity contribution in [1.29, 1.82) is 0 Å². The van der Waals surface area contributed by atoms with Crippen LogP contribution in [0, 0.1) is 0 Å². The van der Waals surface area contributed by atoms with E-state index >= 15 is 0 Å². The van der Waals surface area contributed by atoms with Gasteiger partial charge in [0.1, 0.15) is 0 Å². The average Bonchev–Trinajstić information content (AvgIpc) is 2.91. The van der Waals surface area contributed by atoms with Gasteiger partial charge < -0.3 is 5.32 Å². The normalized spacial score (nSPS) is 19.0. The number of amides is 1. The monoisotopic (exact) mass is 359 g/mol. The Morgan fingerprint density at radius 3 is 2.91 bits per heavy atom. The molecule has 6 nitrogen and oxygen atoms in total. The molecule has 8 heteroatoms. The van der Waals surface area contributed by atoms with Gasteiger partial charge in [-0.05, 0) is 44.6 Å². The van der Waals surface area contributed by atoms with Crippen LogP contribution in [0.15, 0.2) is 24.3 Å². The first kappa shape index (κ1) is 18.2. The van der Waals surface area contributed by atoms with Gasteiger partial charge in [0, 0.05) is 29.7 Å². The van der Waals surface area contributed by atoms with Gasteiger partial charge in [-0.25, -0.2) is 13.1 Å². The molecule has 1 fully saturated rings. The zero-order chi connectivity index (χ0) is 16.9. The van der Waals surface area contributed by atoms with Crippen LogP contribution in [0.3, 0.4) is 0 Å². The molecule has 1 aromatic carbocycles. The highest BCUT2D eigenvalue weighted by Crippen LogP contribution is 2.19. The zero-order valence-electron chi connectivity index (χ0n) is 13.1. The molecule has 1 saturated heterocycles. The molecule has 2 N–H and O–H groups in total. The Bertz CT molecular complexity index is 651. The lowest BCUT2D eigenvalue weighted by Crippen LogP contribution is -2.39. The summed E-state index contributed by atoms with van der Waals surface area (Å²) in [6, 6.07) is 6.97. The quantitative estimate of drug-likeness (QED) is 0.776. The molecular formula is C15H22ClN3O3S. The van der Waals surface area contributed by atoms with Crippen molar-refractivity contribution in [3.63, 3.8) is 0 Å². The number of benzene rings is 1. The third-order valence-electron chi connectivity index (χ3n) is 3.96. The van der Waals surface area contributed by atoms with E-state index in [2.05, 4.69) is 14.9 Å².